The Labute approximate surface area is 150 Å². The van der Waals surface area contributed by atoms with Gasteiger partial charge in [0.15, 0.2) is 0 Å². The second kappa shape index (κ2) is 9.48. The first kappa shape index (κ1) is 19.3. The molecule has 9 heteroatoms. The number of nitro groups is 1. The molecule has 0 radical (unpaired) electrons. The Morgan fingerprint density at radius 3 is 2.44 bits per heavy atom. The van der Waals surface area contributed by atoms with Crippen LogP contribution in [0.1, 0.15) is 15.9 Å². The van der Waals surface area contributed by atoms with Crippen LogP contribution in [0, 0.1) is 10.1 Å². The molecule has 0 atom stereocenters. The zero-order valence-corrected chi connectivity index (χ0v) is 15.5. The summed E-state index contributed by atoms with van der Waals surface area (Å²) in [5, 5.41) is 17.6. The molecule has 0 unspecified atom stereocenters. The quantitative estimate of drug-likeness (QED) is 0.293. The number of carbonyl (C=O) groups excluding carboxylic acids is 1. The molecule has 0 aliphatic rings. The van der Waals surface area contributed by atoms with E-state index in [0.29, 0.717) is 17.1 Å². The number of hydrogen-bond donors (Lipinski definition) is 2. The van der Waals surface area contributed by atoms with Crippen LogP contribution < -0.4 is 14.9 Å². The van der Waals surface area contributed by atoms with Gasteiger partial charge in [0.25, 0.3) is 0 Å². The summed E-state index contributed by atoms with van der Waals surface area (Å²) in [6, 6.07) is 11.3. The van der Waals surface area contributed by atoms with Crippen molar-refractivity contribution in [1.29, 1.82) is 0 Å². The summed E-state index contributed by atoms with van der Waals surface area (Å²) in [7, 11) is 3.20. The van der Waals surface area contributed by atoms with Crippen LogP contribution >= 0.6 is 18.8 Å². The van der Waals surface area contributed by atoms with Gasteiger partial charge in [0.2, 0.25) is 5.75 Å². The second-order valence-electron chi connectivity index (χ2n) is 4.86. The first-order valence-electron chi connectivity index (χ1n) is 7.35. The van der Waals surface area contributed by atoms with Gasteiger partial charge in [-0.05, 0) is 50.0 Å². The van der Waals surface area contributed by atoms with Crippen molar-refractivity contribution in [2.24, 2.45) is 0 Å². The molecule has 0 bridgehead atoms. The van der Waals surface area contributed by atoms with Gasteiger partial charge >= 0.3 is 5.69 Å². The van der Waals surface area contributed by atoms with Crippen molar-refractivity contribution in [3.63, 3.8) is 0 Å². The Morgan fingerprint density at radius 1 is 1.20 bits per heavy atom. The lowest BCUT2D eigenvalue weighted by atomic mass is 10.2. The first-order chi connectivity index (χ1) is 12.1. The Morgan fingerprint density at radius 2 is 1.88 bits per heavy atom. The number of aldehydes is 1. The van der Waals surface area contributed by atoms with E-state index in [1.54, 1.807) is 47.8 Å². The van der Waals surface area contributed by atoms with Crippen LogP contribution in [0.4, 0.5) is 5.69 Å². The number of rotatable bonds is 9. The summed E-state index contributed by atoms with van der Waals surface area (Å²) in [6.45, 7) is 0. The average Bonchev–Trinajstić information content (AvgIpc) is 2.63. The predicted octanol–water partition coefficient (Wildman–Crippen LogP) is 4.10. The summed E-state index contributed by atoms with van der Waals surface area (Å²) in [5.74, 6) is 1.30. The Balaban J connectivity index is 2.21. The van der Waals surface area contributed by atoms with Gasteiger partial charge in [-0.25, -0.2) is 0 Å². The zero-order valence-electron chi connectivity index (χ0n) is 13.8. The number of benzene rings is 2. The minimum absolute atomic E-state index is 0.0993. The fraction of sp³-hybridized carbons (Fsp3) is 0.188. The van der Waals surface area contributed by atoms with Gasteiger partial charge in [-0.1, -0.05) is 17.4 Å². The minimum atomic E-state index is -0.555. The van der Waals surface area contributed by atoms with Gasteiger partial charge in [0, 0.05) is 17.4 Å². The van der Waals surface area contributed by atoms with Crippen molar-refractivity contribution in [3.8, 4) is 11.5 Å². The van der Waals surface area contributed by atoms with E-state index < -0.39 is 12.3 Å². The van der Waals surface area contributed by atoms with Crippen molar-refractivity contribution in [1.82, 2.24) is 10.2 Å². The minimum Gasteiger partial charge on any atom is -0.450 e. The Bertz CT molecular complexity index is 739. The molecule has 2 aromatic carbocycles. The maximum atomic E-state index is 11.2. The van der Waals surface area contributed by atoms with Gasteiger partial charge in [-0.3, -0.25) is 25.1 Å². The molecule has 2 N–H and O–H groups in total. The summed E-state index contributed by atoms with van der Waals surface area (Å²) >= 11 is 1.69. The smallest absolute Gasteiger partial charge is 0.311 e. The molecule has 0 saturated heterocycles. The Hall–Kier alpha value is -1.99. The molecule has 132 valence electrons. The van der Waals surface area contributed by atoms with Crippen LogP contribution in [0.2, 0.25) is 0 Å². The highest BCUT2D eigenvalue weighted by Crippen LogP contribution is 2.43. The molecule has 0 aliphatic heterocycles. The lowest BCUT2D eigenvalue weighted by molar-refractivity contribution is -0.385. The van der Waals surface area contributed by atoms with E-state index in [-0.39, 0.29) is 11.4 Å². The lowest BCUT2D eigenvalue weighted by Gasteiger charge is -2.14. The number of nitrogens with zero attached hydrogens (tertiary/aromatic N) is 1. The van der Waals surface area contributed by atoms with E-state index in [0.717, 1.165) is 11.8 Å². The maximum Gasteiger partial charge on any atom is 0.311 e. The molecular weight excluding hydrogens is 361 g/mol. The molecule has 0 heterocycles. The molecule has 0 spiro atoms. The van der Waals surface area contributed by atoms with E-state index in [1.807, 2.05) is 14.1 Å². The summed E-state index contributed by atoms with van der Waals surface area (Å²) in [4.78, 5) is 21.5. The molecule has 0 fully saturated rings. The normalized spacial score (nSPS) is 10.7. The van der Waals surface area contributed by atoms with Crippen molar-refractivity contribution < 1.29 is 14.5 Å². The summed E-state index contributed by atoms with van der Waals surface area (Å²) in [6.07, 6.45) is 0.728. The van der Waals surface area contributed by atoms with Crippen LogP contribution in [-0.2, 0) is 5.75 Å². The van der Waals surface area contributed by atoms with Crippen LogP contribution in [0.15, 0.2) is 42.5 Å². The number of hydrogen-bond acceptors (Lipinski definition) is 7. The van der Waals surface area contributed by atoms with E-state index in [4.69, 9.17) is 4.74 Å². The molecule has 0 amide bonds. The highest BCUT2D eigenvalue weighted by atomic mass is 32.7. The molecule has 0 saturated carbocycles. The largest absolute Gasteiger partial charge is 0.450 e. The first-order valence-corrected chi connectivity index (χ1v) is 10.3. The number of ether oxygens (including phenoxy) is 1. The van der Waals surface area contributed by atoms with Crippen molar-refractivity contribution in [3.05, 3.63) is 63.7 Å². The van der Waals surface area contributed by atoms with Gasteiger partial charge in [0.1, 0.15) is 12.0 Å². The number of nitro benzene ring substituents is 1. The summed E-state index contributed by atoms with van der Waals surface area (Å²) in [5.41, 5.74) is 1.34. The monoisotopic (exact) mass is 379 g/mol. The molecule has 2 aromatic rings. The van der Waals surface area contributed by atoms with Gasteiger partial charge in [-0.2, -0.15) is 0 Å². The molecule has 2 rings (SSSR count). The fourth-order valence-electron chi connectivity index (χ4n) is 2.00. The SMILES string of the molecule is CNP(NC)SCc1ccc([N+](=O)[O-])c(Oc2ccc(C=O)cc2)c1. The van der Waals surface area contributed by atoms with Crippen LogP contribution in [0.25, 0.3) is 0 Å². The number of carbonyl (C=O) groups is 1. The molecule has 25 heavy (non-hydrogen) atoms. The van der Waals surface area contributed by atoms with Crippen LogP contribution in [0.5, 0.6) is 11.5 Å². The Kier molecular flexibility index (Phi) is 7.33. The third kappa shape index (κ3) is 5.51. The molecular formula is C16H18N3O4PS. The van der Waals surface area contributed by atoms with Gasteiger partial charge in [0.05, 0.1) is 12.3 Å². The molecule has 0 aliphatic carbocycles. The third-order valence-corrected chi connectivity index (χ3v) is 7.02. The zero-order chi connectivity index (χ0) is 18.2. The highest BCUT2D eigenvalue weighted by Gasteiger charge is 2.17. The standard InChI is InChI=1S/C16H18N3O4PS/c1-17-24(18-2)25-11-13-5-8-15(19(21)22)16(9-13)23-14-6-3-12(10-20)4-7-14/h3-10,17-18H,11H2,1-2H3. The van der Waals surface area contributed by atoms with Crippen LogP contribution in [0.3, 0.4) is 0 Å². The van der Waals surface area contributed by atoms with E-state index >= 15 is 0 Å². The highest BCUT2D eigenvalue weighted by molar-refractivity contribution is 8.54. The lowest BCUT2D eigenvalue weighted by Crippen LogP contribution is -2.07. The van der Waals surface area contributed by atoms with Gasteiger partial charge in [-0.15, -0.1) is 0 Å². The average molecular weight is 379 g/mol. The predicted molar refractivity (Wildman–Crippen MR) is 101 cm³/mol. The maximum absolute atomic E-state index is 11.2. The molecule has 0 aromatic heterocycles. The third-order valence-electron chi connectivity index (χ3n) is 3.23. The van der Waals surface area contributed by atoms with Crippen LogP contribution in [-0.4, -0.2) is 25.3 Å². The fourth-order valence-corrected chi connectivity index (χ4v) is 4.55. The second-order valence-corrected chi connectivity index (χ2v) is 8.76. The number of nitrogens with one attached hydrogen (secondary N) is 2. The van der Waals surface area contributed by atoms with E-state index in [9.17, 15) is 14.9 Å². The molecule has 7 nitrogen and oxygen atoms in total. The van der Waals surface area contributed by atoms with E-state index in [2.05, 4.69) is 10.2 Å². The van der Waals surface area contributed by atoms with Gasteiger partial charge < -0.3 is 4.74 Å². The topological polar surface area (TPSA) is 93.5 Å². The summed E-state index contributed by atoms with van der Waals surface area (Å²) < 4.78 is 5.68. The van der Waals surface area contributed by atoms with Crippen molar-refractivity contribution >= 4 is 30.8 Å². The van der Waals surface area contributed by atoms with E-state index in [1.165, 1.54) is 6.07 Å². The van der Waals surface area contributed by atoms with Crippen molar-refractivity contribution in [2.75, 3.05) is 14.1 Å². The van der Waals surface area contributed by atoms with Crippen molar-refractivity contribution in [2.45, 2.75) is 5.75 Å².